The van der Waals surface area contributed by atoms with Crippen molar-refractivity contribution < 1.29 is 19.1 Å². The summed E-state index contributed by atoms with van der Waals surface area (Å²) in [6.07, 6.45) is 1.16. The number of amides is 1. The molecule has 1 amide bonds. The predicted octanol–water partition coefficient (Wildman–Crippen LogP) is 2.41. The third-order valence-corrected chi connectivity index (χ3v) is 4.36. The van der Waals surface area contributed by atoms with Gasteiger partial charge in [-0.1, -0.05) is 0 Å². The summed E-state index contributed by atoms with van der Waals surface area (Å²) in [7, 11) is 0. The quantitative estimate of drug-likeness (QED) is 0.867. The molecule has 1 aliphatic rings. The van der Waals surface area contributed by atoms with Crippen LogP contribution in [0.3, 0.4) is 0 Å². The molecule has 0 bridgehead atoms. The maximum atomic E-state index is 12.0. The minimum Gasteiger partial charge on any atom is -0.462 e. The average Bonchev–Trinajstić information content (AvgIpc) is 2.61. The van der Waals surface area contributed by atoms with Crippen molar-refractivity contribution in [1.29, 1.82) is 0 Å². The molecule has 0 saturated heterocycles. The smallest absolute Gasteiger partial charge is 0.410 e. The Hall–Kier alpha value is -1.76. The van der Waals surface area contributed by atoms with Crippen molar-refractivity contribution >= 4 is 28.4 Å². The second kappa shape index (κ2) is 6.80. The monoisotopic (exact) mass is 312 g/mol. The van der Waals surface area contributed by atoms with Crippen LogP contribution in [0.2, 0.25) is 0 Å². The van der Waals surface area contributed by atoms with Gasteiger partial charge >= 0.3 is 12.1 Å². The van der Waals surface area contributed by atoms with Gasteiger partial charge in [0.1, 0.15) is 5.00 Å². The van der Waals surface area contributed by atoms with Crippen molar-refractivity contribution in [2.45, 2.75) is 33.2 Å². The molecule has 0 atom stereocenters. The molecule has 0 unspecified atom stereocenters. The molecular formula is C14H20N2O4S. The number of esters is 1. The van der Waals surface area contributed by atoms with Gasteiger partial charge in [0.25, 0.3) is 0 Å². The maximum Gasteiger partial charge on any atom is 0.410 e. The first-order chi connectivity index (χ1) is 10.1. The van der Waals surface area contributed by atoms with Gasteiger partial charge in [-0.15, -0.1) is 11.3 Å². The van der Waals surface area contributed by atoms with Gasteiger partial charge < -0.3 is 20.1 Å². The molecule has 0 fully saturated rings. The Morgan fingerprint density at radius 2 is 2.00 bits per heavy atom. The van der Waals surface area contributed by atoms with Crippen molar-refractivity contribution in [2.75, 3.05) is 25.5 Å². The van der Waals surface area contributed by atoms with Gasteiger partial charge in [0.2, 0.25) is 0 Å². The maximum absolute atomic E-state index is 12.0. The fourth-order valence-electron chi connectivity index (χ4n) is 2.42. The molecule has 1 aliphatic heterocycles. The van der Waals surface area contributed by atoms with Gasteiger partial charge in [0.15, 0.2) is 0 Å². The van der Waals surface area contributed by atoms with Crippen molar-refractivity contribution in [2.24, 2.45) is 0 Å². The van der Waals surface area contributed by atoms with Crippen molar-refractivity contribution in [3.05, 3.63) is 16.0 Å². The molecule has 1 aromatic rings. The van der Waals surface area contributed by atoms with Crippen LogP contribution in [0.1, 0.15) is 41.1 Å². The molecule has 0 aliphatic carbocycles. The second-order valence-corrected chi connectivity index (χ2v) is 5.82. The highest BCUT2D eigenvalue weighted by atomic mass is 32.1. The number of nitrogen functional groups attached to an aromatic ring is 1. The van der Waals surface area contributed by atoms with Gasteiger partial charge in [0, 0.05) is 11.4 Å². The Morgan fingerprint density at radius 3 is 2.67 bits per heavy atom. The first-order valence-corrected chi connectivity index (χ1v) is 7.88. The SMILES string of the molecule is CCOC(=O)c1c(N)sc2c1CCCN(C(=O)OCC)C2. The van der Waals surface area contributed by atoms with Crippen LogP contribution in [0, 0.1) is 0 Å². The highest BCUT2D eigenvalue weighted by molar-refractivity contribution is 7.16. The van der Waals surface area contributed by atoms with E-state index >= 15 is 0 Å². The molecule has 21 heavy (non-hydrogen) atoms. The normalized spacial score (nSPS) is 14.3. The van der Waals surface area contributed by atoms with E-state index < -0.39 is 0 Å². The van der Waals surface area contributed by atoms with E-state index in [1.807, 2.05) is 0 Å². The number of anilines is 1. The zero-order valence-corrected chi connectivity index (χ0v) is 13.1. The molecule has 116 valence electrons. The van der Waals surface area contributed by atoms with E-state index in [0.29, 0.717) is 43.3 Å². The van der Waals surface area contributed by atoms with E-state index in [9.17, 15) is 9.59 Å². The summed E-state index contributed by atoms with van der Waals surface area (Å²) in [5.74, 6) is -0.378. The lowest BCUT2D eigenvalue weighted by atomic mass is 10.1. The second-order valence-electron chi connectivity index (χ2n) is 4.69. The van der Waals surface area contributed by atoms with Gasteiger partial charge in [-0.05, 0) is 32.3 Å². The predicted molar refractivity (Wildman–Crippen MR) is 80.4 cm³/mol. The number of fused-ring (bicyclic) bond motifs is 1. The zero-order chi connectivity index (χ0) is 15.4. The fourth-order valence-corrected chi connectivity index (χ4v) is 3.54. The lowest BCUT2D eigenvalue weighted by Gasteiger charge is -2.19. The first kappa shape index (κ1) is 15.6. The number of carbonyl (C=O) groups excluding carboxylic acids is 2. The Bertz CT molecular complexity index is 541. The molecule has 2 heterocycles. The molecule has 1 aromatic heterocycles. The van der Waals surface area contributed by atoms with E-state index in [1.54, 1.807) is 18.7 Å². The lowest BCUT2D eigenvalue weighted by Crippen LogP contribution is -2.31. The van der Waals surface area contributed by atoms with Crippen LogP contribution in [0.15, 0.2) is 0 Å². The molecule has 0 spiro atoms. The summed E-state index contributed by atoms with van der Waals surface area (Å²) in [4.78, 5) is 26.5. The zero-order valence-electron chi connectivity index (χ0n) is 12.3. The number of nitrogens with two attached hydrogens (primary N) is 1. The molecule has 7 heteroatoms. The van der Waals surface area contributed by atoms with Crippen molar-refractivity contribution in [1.82, 2.24) is 4.90 Å². The minimum atomic E-state index is -0.378. The summed E-state index contributed by atoms with van der Waals surface area (Å²) in [6.45, 7) is 5.26. The Kier molecular flexibility index (Phi) is 5.06. The summed E-state index contributed by atoms with van der Waals surface area (Å²) >= 11 is 1.35. The van der Waals surface area contributed by atoms with E-state index in [1.165, 1.54) is 11.3 Å². The number of carbonyl (C=O) groups is 2. The third kappa shape index (κ3) is 3.29. The Morgan fingerprint density at radius 1 is 1.29 bits per heavy atom. The summed E-state index contributed by atoms with van der Waals surface area (Å²) in [5.41, 5.74) is 7.36. The Balaban J connectivity index is 2.26. The number of thiophene rings is 1. The number of hydrogen-bond donors (Lipinski definition) is 1. The van der Waals surface area contributed by atoms with E-state index in [-0.39, 0.29) is 12.1 Å². The van der Waals surface area contributed by atoms with Crippen LogP contribution < -0.4 is 5.73 Å². The van der Waals surface area contributed by atoms with E-state index in [4.69, 9.17) is 15.2 Å². The molecule has 2 rings (SSSR count). The standard InChI is InChI=1S/C14H20N2O4S/c1-3-19-13(17)11-9-6-5-7-16(14(18)20-4-2)8-10(9)21-12(11)15/h3-8,15H2,1-2H3. The minimum absolute atomic E-state index is 0.317. The van der Waals surface area contributed by atoms with E-state index in [0.717, 1.165) is 16.9 Å². The largest absolute Gasteiger partial charge is 0.462 e. The Labute approximate surface area is 127 Å². The van der Waals surface area contributed by atoms with Gasteiger partial charge in [-0.2, -0.15) is 0 Å². The molecule has 6 nitrogen and oxygen atoms in total. The van der Waals surface area contributed by atoms with Crippen LogP contribution in [0.25, 0.3) is 0 Å². The number of hydrogen-bond acceptors (Lipinski definition) is 6. The van der Waals surface area contributed by atoms with Crippen LogP contribution >= 0.6 is 11.3 Å². The van der Waals surface area contributed by atoms with Gasteiger partial charge in [0.05, 0.1) is 25.3 Å². The van der Waals surface area contributed by atoms with Crippen LogP contribution in [0.4, 0.5) is 9.80 Å². The molecule has 0 radical (unpaired) electrons. The number of nitrogens with zero attached hydrogens (tertiary/aromatic N) is 1. The average molecular weight is 312 g/mol. The fraction of sp³-hybridized carbons (Fsp3) is 0.571. The van der Waals surface area contributed by atoms with Crippen LogP contribution in [-0.4, -0.2) is 36.7 Å². The highest BCUT2D eigenvalue weighted by Gasteiger charge is 2.28. The van der Waals surface area contributed by atoms with Gasteiger partial charge in [-0.25, -0.2) is 9.59 Å². The van der Waals surface area contributed by atoms with Crippen LogP contribution in [0.5, 0.6) is 0 Å². The van der Waals surface area contributed by atoms with Gasteiger partial charge in [-0.3, -0.25) is 0 Å². The van der Waals surface area contributed by atoms with Crippen LogP contribution in [-0.2, 0) is 22.4 Å². The summed E-state index contributed by atoms with van der Waals surface area (Å²) < 4.78 is 10.1. The molecular weight excluding hydrogens is 292 g/mol. The van der Waals surface area contributed by atoms with Crippen molar-refractivity contribution in [3.8, 4) is 0 Å². The topological polar surface area (TPSA) is 81.9 Å². The molecule has 0 aromatic carbocycles. The van der Waals surface area contributed by atoms with Crippen molar-refractivity contribution in [3.63, 3.8) is 0 Å². The molecule has 0 saturated carbocycles. The number of rotatable bonds is 3. The third-order valence-electron chi connectivity index (χ3n) is 3.31. The highest BCUT2D eigenvalue weighted by Crippen LogP contribution is 2.35. The molecule has 2 N–H and O–H groups in total. The number of ether oxygens (including phenoxy) is 2. The van der Waals surface area contributed by atoms with E-state index in [2.05, 4.69) is 0 Å². The lowest BCUT2D eigenvalue weighted by molar-refractivity contribution is 0.0526. The summed E-state index contributed by atoms with van der Waals surface area (Å²) in [5, 5.41) is 0.462. The first-order valence-electron chi connectivity index (χ1n) is 7.07. The summed E-state index contributed by atoms with van der Waals surface area (Å²) in [6, 6.07) is 0.